The third-order valence-electron chi connectivity index (χ3n) is 6.04. The molecule has 5 N–H and O–H groups in total. The second kappa shape index (κ2) is 5.96. The van der Waals surface area contributed by atoms with Gasteiger partial charge in [-0.3, -0.25) is 0 Å². The smallest absolute Gasteiger partial charge is 0.163 e. The molecule has 0 saturated heterocycles. The maximum absolute atomic E-state index is 11.7. The Labute approximate surface area is 157 Å². The molecule has 0 spiro atoms. The molecule has 4 rings (SSSR count). The summed E-state index contributed by atoms with van der Waals surface area (Å²) in [5, 5.41) is 52.0. The van der Waals surface area contributed by atoms with Gasteiger partial charge in [0.15, 0.2) is 17.1 Å². The van der Waals surface area contributed by atoms with Gasteiger partial charge in [0.1, 0.15) is 22.8 Å². The van der Waals surface area contributed by atoms with Crippen molar-refractivity contribution in [3.8, 4) is 28.7 Å². The van der Waals surface area contributed by atoms with Crippen molar-refractivity contribution in [2.75, 3.05) is 0 Å². The molecule has 0 aromatic heterocycles. The summed E-state index contributed by atoms with van der Waals surface area (Å²) < 4.78 is 6.34. The molecule has 1 aliphatic heterocycles. The Hall–Kier alpha value is -2.60. The highest BCUT2D eigenvalue weighted by Gasteiger charge is 2.57. The van der Waals surface area contributed by atoms with E-state index in [9.17, 15) is 25.5 Å². The first-order chi connectivity index (χ1) is 12.8. The van der Waals surface area contributed by atoms with Gasteiger partial charge in [-0.15, -0.1) is 0 Å². The molecular weight excluding hydrogens is 348 g/mol. The van der Waals surface area contributed by atoms with E-state index in [-0.39, 0.29) is 29.4 Å². The molecule has 2 aromatic carbocycles. The van der Waals surface area contributed by atoms with Crippen LogP contribution in [-0.4, -0.2) is 31.1 Å². The lowest BCUT2D eigenvalue weighted by Gasteiger charge is -2.50. The van der Waals surface area contributed by atoms with Crippen molar-refractivity contribution < 1.29 is 30.3 Å². The van der Waals surface area contributed by atoms with E-state index in [1.165, 1.54) is 18.2 Å². The van der Waals surface area contributed by atoms with E-state index >= 15 is 0 Å². The molecule has 27 heavy (non-hydrogen) atoms. The van der Waals surface area contributed by atoms with Crippen molar-refractivity contribution >= 4 is 0 Å². The average molecular weight is 372 g/mol. The summed E-state index contributed by atoms with van der Waals surface area (Å²) in [4.78, 5) is 0. The summed E-state index contributed by atoms with van der Waals surface area (Å²) in [5.41, 5.74) is -0.909. The molecule has 2 aromatic rings. The van der Waals surface area contributed by atoms with Crippen LogP contribution < -0.4 is 4.74 Å². The number of hydrogen-bond donors (Lipinski definition) is 5. The molecule has 0 bridgehead atoms. The molecule has 1 fully saturated rings. The fourth-order valence-corrected chi connectivity index (χ4v) is 4.61. The summed E-state index contributed by atoms with van der Waals surface area (Å²) in [6.45, 7) is 1.68. The first-order valence-corrected chi connectivity index (χ1v) is 9.25. The number of benzene rings is 2. The zero-order valence-electron chi connectivity index (χ0n) is 15.2. The minimum atomic E-state index is -1.29. The molecule has 0 amide bonds. The lowest BCUT2D eigenvalue weighted by atomic mass is 9.68. The average Bonchev–Trinajstić information content (AvgIpc) is 2.77. The number of fused-ring (bicyclic) bond motifs is 2. The van der Waals surface area contributed by atoms with Crippen molar-refractivity contribution in [2.24, 2.45) is 0 Å². The maximum atomic E-state index is 11.7. The number of rotatable bonds is 1. The van der Waals surface area contributed by atoms with Crippen molar-refractivity contribution in [1.29, 1.82) is 0 Å². The Bertz CT molecular complexity index is 885. The molecule has 2 aliphatic rings. The van der Waals surface area contributed by atoms with Gasteiger partial charge in [0.2, 0.25) is 0 Å². The molecule has 2 unspecified atom stereocenters. The minimum absolute atomic E-state index is 0.110. The number of phenols is 4. The number of aliphatic hydroxyl groups is 1. The van der Waals surface area contributed by atoms with Crippen LogP contribution in [0.25, 0.3) is 0 Å². The van der Waals surface area contributed by atoms with Crippen molar-refractivity contribution in [2.45, 2.75) is 56.7 Å². The van der Waals surface area contributed by atoms with Gasteiger partial charge in [-0.25, -0.2) is 0 Å². The zero-order valence-corrected chi connectivity index (χ0v) is 15.2. The Morgan fingerprint density at radius 2 is 1.63 bits per heavy atom. The maximum Gasteiger partial charge on any atom is 0.163 e. The number of ether oxygens (including phenoxy) is 1. The van der Waals surface area contributed by atoms with Crippen molar-refractivity contribution in [3.63, 3.8) is 0 Å². The van der Waals surface area contributed by atoms with Crippen LogP contribution in [0.3, 0.4) is 0 Å². The number of aromatic hydroxyl groups is 4. The summed E-state index contributed by atoms with van der Waals surface area (Å²) in [5.74, 6) is -0.367. The normalized spacial score (nSPS) is 27.2. The topological polar surface area (TPSA) is 110 Å². The Balaban J connectivity index is 1.96. The first kappa shape index (κ1) is 17.8. The summed E-state index contributed by atoms with van der Waals surface area (Å²) in [7, 11) is 0. The number of aryl methyl sites for hydroxylation is 1. The first-order valence-electron chi connectivity index (χ1n) is 9.25. The Kier molecular flexibility index (Phi) is 3.93. The molecule has 1 aliphatic carbocycles. The van der Waals surface area contributed by atoms with Crippen molar-refractivity contribution in [3.05, 3.63) is 41.0 Å². The van der Waals surface area contributed by atoms with E-state index in [2.05, 4.69) is 0 Å². The summed E-state index contributed by atoms with van der Waals surface area (Å²) >= 11 is 0. The second-order valence-corrected chi connectivity index (χ2v) is 7.80. The van der Waals surface area contributed by atoms with E-state index in [1.807, 2.05) is 0 Å². The van der Waals surface area contributed by atoms with E-state index in [0.29, 0.717) is 35.3 Å². The van der Waals surface area contributed by atoms with Crippen LogP contribution >= 0.6 is 0 Å². The highest BCUT2D eigenvalue weighted by molar-refractivity contribution is 5.55. The SMILES string of the molecule is Cc1cc(C23CCCCCC2(O)Cc2c(O)cc(O)cc2O3)cc(O)c1O. The molecule has 6 nitrogen and oxygen atoms in total. The molecule has 6 heteroatoms. The lowest BCUT2D eigenvalue weighted by Crippen LogP contribution is -2.58. The molecule has 1 heterocycles. The van der Waals surface area contributed by atoms with Gasteiger partial charge in [-0.2, -0.15) is 0 Å². The van der Waals surface area contributed by atoms with Gasteiger partial charge in [0, 0.05) is 29.7 Å². The van der Waals surface area contributed by atoms with Crippen LogP contribution in [0.5, 0.6) is 28.7 Å². The van der Waals surface area contributed by atoms with Crippen LogP contribution in [0.2, 0.25) is 0 Å². The minimum Gasteiger partial charge on any atom is -0.508 e. The zero-order chi connectivity index (χ0) is 19.4. The van der Waals surface area contributed by atoms with Crippen LogP contribution in [0, 0.1) is 6.92 Å². The van der Waals surface area contributed by atoms with Crippen LogP contribution in [-0.2, 0) is 12.0 Å². The van der Waals surface area contributed by atoms with Gasteiger partial charge in [-0.1, -0.05) is 12.8 Å². The standard InChI is InChI=1S/C21H24O6/c1-12-7-13(8-17(24)19(12)25)21-6-4-2-3-5-20(21,26)11-15-16(23)9-14(22)10-18(15)27-21/h7-10,22-26H,2-6,11H2,1H3. The van der Waals surface area contributed by atoms with Gasteiger partial charge in [0.05, 0.1) is 0 Å². The predicted molar refractivity (Wildman–Crippen MR) is 98.3 cm³/mol. The van der Waals surface area contributed by atoms with E-state index in [1.54, 1.807) is 13.0 Å². The monoisotopic (exact) mass is 372 g/mol. The fraction of sp³-hybridized carbons (Fsp3) is 0.429. The fourth-order valence-electron chi connectivity index (χ4n) is 4.61. The highest BCUT2D eigenvalue weighted by Crippen LogP contribution is 2.55. The molecule has 1 saturated carbocycles. The summed E-state index contributed by atoms with van der Waals surface area (Å²) in [6, 6.07) is 5.84. The van der Waals surface area contributed by atoms with E-state index < -0.39 is 11.2 Å². The third-order valence-corrected chi connectivity index (χ3v) is 6.04. The van der Waals surface area contributed by atoms with E-state index in [4.69, 9.17) is 4.74 Å². The van der Waals surface area contributed by atoms with Gasteiger partial charge < -0.3 is 30.3 Å². The van der Waals surface area contributed by atoms with Gasteiger partial charge >= 0.3 is 0 Å². The lowest BCUT2D eigenvalue weighted by molar-refractivity contribution is -0.157. The Morgan fingerprint density at radius 3 is 2.37 bits per heavy atom. The van der Waals surface area contributed by atoms with Gasteiger partial charge in [0.25, 0.3) is 0 Å². The largest absolute Gasteiger partial charge is 0.508 e. The second-order valence-electron chi connectivity index (χ2n) is 7.80. The molecule has 144 valence electrons. The molecular formula is C21H24O6. The van der Waals surface area contributed by atoms with Crippen LogP contribution in [0.4, 0.5) is 0 Å². The summed E-state index contributed by atoms with van der Waals surface area (Å²) in [6.07, 6.45) is 3.75. The van der Waals surface area contributed by atoms with Gasteiger partial charge in [-0.05, 0) is 43.9 Å². The molecule has 0 radical (unpaired) electrons. The van der Waals surface area contributed by atoms with Crippen molar-refractivity contribution in [1.82, 2.24) is 0 Å². The third kappa shape index (κ3) is 2.58. The van der Waals surface area contributed by atoms with Crippen LogP contribution in [0.1, 0.15) is 48.8 Å². The highest BCUT2D eigenvalue weighted by atomic mass is 16.5. The Morgan fingerprint density at radius 1 is 0.889 bits per heavy atom. The number of hydrogen-bond acceptors (Lipinski definition) is 6. The molecule has 2 atom stereocenters. The quantitative estimate of drug-likeness (QED) is 0.491. The predicted octanol–water partition coefficient (Wildman–Crippen LogP) is 3.34. The van der Waals surface area contributed by atoms with Crippen LogP contribution in [0.15, 0.2) is 24.3 Å². The van der Waals surface area contributed by atoms with E-state index in [0.717, 1.165) is 19.3 Å². The number of phenolic OH excluding ortho intramolecular Hbond substituents is 4.